The van der Waals surface area contributed by atoms with E-state index in [-0.39, 0.29) is 12.1 Å². The predicted molar refractivity (Wildman–Crippen MR) is 95.2 cm³/mol. The van der Waals surface area contributed by atoms with Crippen molar-refractivity contribution in [2.75, 3.05) is 13.2 Å². The molecule has 8 heteroatoms. The lowest BCUT2D eigenvalue weighted by Crippen LogP contribution is -2.70. The normalized spacial score (nSPS) is 21.9. The summed E-state index contributed by atoms with van der Waals surface area (Å²) < 4.78 is 5.29. The molecular weight excluding hydrogens is 336 g/mol. The number of nitrogens with one attached hydrogen (secondary N) is 3. The van der Waals surface area contributed by atoms with Gasteiger partial charge in [0.1, 0.15) is 0 Å². The zero-order valence-corrected chi connectivity index (χ0v) is 15.1. The summed E-state index contributed by atoms with van der Waals surface area (Å²) >= 11 is 0. The number of imide groups is 1. The fraction of sp³-hybridized carbons (Fsp3) is 0.556. The summed E-state index contributed by atoms with van der Waals surface area (Å²) in [7, 11) is 0. The Hall–Kier alpha value is -2.16. The van der Waals surface area contributed by atoms with Crippen LogP contribution in [0.4, 0.5) is 9.59 Å². The maximum Gasteiger partial charge on any atom is 0.328 e. The second kappa shape index (κ2) is 8.03. The molecule has 2 saturated heterocycles. The third-order valence-corrected chi connectivity index (χ3v) is 4.84. The van der Waals surface area contributed by atoms with Gasteiger partial charge in [-0.3, -0.25) is 5.32 Å². The summed E-state index contributed by atoms with van der Waals surface area (Å²) in [6.45, 7) is 4.76. The van der Waals surface area contributed by atoms with Crippen LogP contribution in [0.15, 0.2) is 24.3 Å². The second-order valence-electron chi connectivity index (χ2n) is 6.78. The molecule has 2 fully saturated rings. The fourth-order valence-electron chi connectivity index (χ4n) is 3.31. The lowest BCUT2D eigenvalue weighted by Gasteiger charge is -2.39. The molecule has 0 radical (unpaired) electrons. The van der Waals surface area contributed by atoms with E-state index in [4.69, 9.17) is 4.74 Å². The van der Waals surface area contributed by atoms with Crippen LogP contribution < -0.4 is 16.0 Å². The van der Waals surface area contributed by atoms with Crippen LogP contribution in [-0.4, -0.2) is 47.6 Å². The van der Waals surface area contributed by atoms with Gasteiger partial charge >= 0.3 is 12.1 Å². The molecule has 0 spiro atoms. The van der Waals surface area contributed by atoms with Crippen LogP contribution in [0, 0.1) is 0 Å². The van der Waals surface area contributed by atoms with Crippen LogP contribution in [0.5, 0.6) is 0 Å². The van der Waals surface area contributed by atoms with E-state index in [0.29, 0.717) is 26.1 Å². The molecule has 0 saturated carbocycles. The van der Waals surface area contributed by atoms with Gasteiger partial charge in [-0.05, 0) is 37.8 Å². The zero-order chi connectivity index (χ0) is 18.7. The average molecular weight is 362 g/mol. The minimum Gasteiger partial charge on any atom is -0.389 e. The van der Waals surface area contributed by atoms with E-state index in [1.165, 1.54) is 4.90 Å². The number of rotatable bonds is 5. The first kappa shape index (κ1) is 18.6. The molecule has 0 aliphatic carbocycles. The van der Waals surface area contributed by atoms with E-state index in [9.17, 15) is 14.7 Å². The third kappa shape index (κ3) is 4.14. The van der Waals surface area contributed by atoms with Gasteiger partial charge in [0, 0.05) is 25.3 Å². The Kier molecular flexibility index (Phi) is 5.75. The van der Waals surface area contributed by atoms with Gasteiger partial charge in [0.05, 0.1) is 6.10 Å². The van der Waals surface area contributed by atoms with Crippen molar-refractivity contribution in [2.45, 2.75) is 51.2 Å². The molecule has 4 amide bonds. The van der Waals surface area contributed by atoms with Gasteiger partial charge in [-0.1, -0.05) is 24.3 Å². The first-order valence-corrected chi connectivity index (χ1v) is 8.97. The van der Waals surface area contributed by atoms with E-state index in [2.05, 4.69) is 16.0 Å². The SMILES string of the molecule is CC(O)c1cccc([C@H](C)NC2NC(=O)N(C3CCOCC3)C(=O)N2)c1. The highest BCUT2D eigenvalue weighted by Gasteiger charge is 2.37. The number of carbonyl (C=O) groups excluding carboxylic acids is 2. The lowest BCUT2D eigenvalue weighted by atomic mass is 10.0. The molecule has 1 aromatic rings. The minimum absolute atomic E-state index is 0.131. The van der Waals surface area contributed by atoms with Gasteiger partial charge in [-0.25, -0.2) is 14.5 Å². The average Bonchev–Trinajstić information content (AvgIpc) is 2.62. The molecule has 0 bridgehead atoms. The number of hydrogen-bond acceptors (Lipinski definition) is 5. The monoisotopic (exact) mass is 362 g/mol. The number of ether oxygens (including phenoxy) is 1. The Balaban J connectivity index is 1.62. The van der Waals surface area contributed by atoms with Crippen molar-refractivity contribution >= 4 is 12.1 Å². The summed E-state index contributed by atoms with van der Waals surface area (Å²) in [5, 5.41) is 18.5. The van der Waals surface area contributed by atoms with E-state index in [0.717, 1.165) is 11.1 Å². The van der Waals surface area contributed by atoms with Crippen molar-refractivity contribution < 1.29 is 19.4 Å². The number of nitrogens with zero attached hydrogens (tertiary/aromatic N) is 1. The number of hydrogen-bond donors (Lipinski definition) is 4. The number of aliphatic hydroxyl groups excluding tert-OH is 1. The molecule has 3 rings (SSSR count). The first-order chi connectivity index (χ1) is 12.5. The molecule has 2 aliphatic heterocycles. The minimum atomic E-state index is -0.656. The number of carbonyl (C=O) groups is 2. The summed E-state index contributed by atoms with van der Waals surface area (Å²) in [5.74, 6) is 0. The van der Waals surface area contributed by atoms with Crippen LogP contribution >= 0.6 is 0 Å². The van der Waals surface area contributed by atoms with Crippen LogP contribution in [0.3, 0.4) is 0 Å². The van der Waals surface area contributed by atoms with Crippen LogP contribution in [0.1, 0.15) is 50.0 Å². The molecule has 1 aromatic carbocycles. The second-order valence-corrected chi connectivity index (χ2v) is 6.78. The van der Waals surface area contributed by atoms with Crippen molar-refractivity contribution in [1.82, 2.24) is 20.9 Å². The van der Waals surface area contributed by atoms with E-state index >= 15 is 0 Å². The molecule has 0 aromatic heterocycles. The van der Waals surface area contributed by atoms with Crippen LogP contribution in [0.25, 0.3) is 0 Å². The molecule has 26 heavy (non-hydrogen) atoms. The predicted octanol–water partition coefficient (Wildman–Crippen LogP) is 1.59. The van der Waals surface area contributed by atoms with Gasteiger partial charge in [-0.2, -0.15) is 0 Å². The highest BCUT2D eigenvalue weighted by atomic mass is 16.5. The molecular formula is C18H26N4O4. The third-order valence-electron chi connectivity index (χ3n) is 4.84. The Morgan fingerprint density at radius 3 is 2.38 bits per heavy atom. The molecule has 2 atom stereocenters. The van der Waals surface area contributed by atoms with Crippen molar-refractivity contribution in [3.05, 3.63) is 35.4 Å². The quantitative estimate of drug-likeness (QED) is 0.637. The summed E-state index contributed by atoms with van der Waals surface area (Å²) in [5.41, 5.74) is 1.78. The highest BCUT2D eigenvalue weighted by Crippen LogP contribution is 2.20. The summed E-state index contributed by atoms with van der Waals surface area (Å²) in [6.07, 6.45) is 0.101. The Labute approximate surface area is 152 Å². The Morgan fingerprint density at radius 2 is 1.77 bits per heavy atom. The van der Waals surface area contributed by atoms with Gasteiger partial charge in [0.2, 0.25) is 0 Å². The van der Waals surface area contributed by atoms with E-state index < -0.39 is 24.5 Å². The number of urea groups is 2. The van der Waals surface area contributed by atoms with Gasteiger partial charge < -0.3 is 20.5 Å². The van der Waals surface area contributed by atoms with Crippen LogP contribution in [-0.2, 0) is 4.74 Å². The summed E-state index contributed by atoms with van der Waals surface area (Å²) in [4.78, 5) is 26.1. The van der Waals surface area contributed by atoms with Crippen molar-refractivity contribution in [1.29, 1.82) is 0 Å². The van der Waals surface area contributed by atoms with Crippen LogP contribution in [0.2, 0.25) is 0 Å². The first-order valence-electron chi connectivity index (χ1n) is 8.97. The standard InChI is InChI=1S/C18H26N4O4/c1-11(13-4-3-5-14(10-13)12(2)23)19-16-20-17(24)22(18(25)21-16)15-6-8-26-9-7-15/h3-5,10-12,15-16,19,23H,6-9H2,1-2H3,(H,20,24)(H,21,25)/t11-,12?/m0/s1. The molecule has 2 aliphatic rings. The molecule has 2 heterocycles. The maximum atomic E-state index is 12.4. The molecule has 4 N–H and O–H groups in total. The van der Waals surface area contributed by atoms with Gasteiger partial charge in [-0.15, -0.1) is 0 Å². The van der Waals surface area contributed by atoms with Crippen molar-refractivity contribution in [2.24, 2.45) is 0 Å². The smallest absolute Gasteiger partial charge is 0.328 e. The fourth-order valence-corrected chi connectivity index (χ4v) is 3.31. The molecule has 8 nitrogen and oxygen atoms in total. The van der Waals surface area contributed by atoms with Gasteiger partial charge in [0.25, 0.3) is 0 Å². The number of benzene rings is 1. The van der Waals surface area contributed by atoms with Crippen molar-refractivity contribution in [3.63, 3.8) is 0 Å². The largest absolute Gasteiger partial charge is 0.389 e. The van der Waals surface area contributed by atoms with E-state index in [1.54, 1.807) is 6.92 Å². The Morgan fingerprint density at radius 1 is 1.15 bits per heavy atom. The van der Waals surface area contributed by atoms with Crippen molar-refractivity contribution in [3.8, 4) is 0 Å². The number of amides is 4. The van der Waals surface area contributed by atoms with E-state index in [1.807, 2.05) is 31.2 Å². The Bertz CT molecular complexity index is 642. The number of aliphatic hydroxyl groups is 1. The van der Waals surface area contributed by atoms with Gasteiger partial charge in [0.15, 0.2) is 6.29 Å². The molecule has 142 valence electrons. The maximum absolute atomic E-state index is 12.4. The highest BCUT2D eigenvalue weighted by molar-refractivity contribution is 5.96. The summed E-state index contributed by atoms with van der Waals surface area (Å²) in [6, 6.07) is 6.51. The topological polar surface area (TPSA) is 103 Å². The lowest BCUT2D eigenvalue weighted by molar-refractivity contribution is 0.0492. The molecule has 1 unspecified atom stereocenters. The zero-order valence-electron chi connectivity index (χ0n) is 15.1.